The highest BCUT2D eigenvalue weighted by atomic mass is 16.1. The third kappa shape index (κ3) is 3.55. The summed E-state index contributed by atoms with van der Waals surface area (Å²) in [5.41, 5.74) is 1.23. The normalized spacial score (nSPS) is 19.6. The van der Waals surface area contributed by atoms with Crippen LogP contribution in [0.3, 0.4) is 0 Å². The molecule has 6 nitrogen and oxygen atoms in total. The molecule has 0 atom stereocenters. The lowest BCUT2D eigenvalue weighted by Crippen LogP contribution is -2.36. The Balaban J connectivity index is 1.54. The van der Waals surface area contributed by atoms with E-state index >= 15 is 0 Å². The van der Waals surface area contributed by atoms with E-state index in [0.29, 0.717) is 23.3 Å². The van der Waals surface area contributed by atoms with Crippen molar-refractivity contribution in [2.75, 3.05) is 11.9 Å². The number of aromatic nitrogens is 3. The fraction of sp³-hybridized carbons (Fsp3) is 0.650. The predicted octanol–water partition coefficient (Wildman–Crippen LogP) is 3.56. The van der Waals surface area contributed by atoms with Crippen LogP contribution >= 0.6 is 0 Å². The molecular weight excluding hydrogens is 326 g/mol. The highest BCUT2D eigenvalue weighted by Crippen LogP contribution is 2.25. The van der Waals surface area contributed by atoms with Crippen molar-refractivity contribution >= 4 is 17.4 Å². The van der Waals surface area contributed by atoms with Gasteiger partial charge in [0.15, 0.2) is 5.65 Å². The van der Waals surface area contributed by atoms with Crippen LogP contribution in [0.15, 0.2) is 18.5 Å². The van der Waals surface area contributed by atoms with Gasteiger partial charge in [0.2, 0.25) is 0 Å². The van der Waals surface area contributed by atoms with Crippen LogP contribution in [0.5, 0.6) is 0 Å². The standard InChI is InChI=1S/C20H29N5O/c1-24(16-10-6-3-7-11-16)18-12-13-25-19(23-18)17(14-21-25)20(26)22-15-8-4-2-5-9-15/h12-16H,2-11H2,1H3,(H,22,26). The number of anilines is 1. The van der Waals surface area contributed by atoms with Crippen LogP contribution in [0.1, 0.15) is 74.6 Å². The van der Waals surface area contributed by atoms with Gasteiger partial charge in [0.05, 0.1) is 6.20 Å². The summed E-state index contributed by atoms with van der Waals surface area (Å²) in [6.07, 6.45) is 15.8. The molecular formula is C20H29N5O. The molecule has 26 heavy (non-hydrogen) atoms. The average Bonchev–Trinajstić information content (AvgIpc) is 3.12. The van der Waals surface area contributed by atoms with Crippen molar-refractivity contribution in [3.63, 3.8) is 0 Å². The van der Waals surface area contributed by atoms with Gasteiger partial charge in [-0.15, -0.1) is 0 Å². The van der Waals surface area contributed by atoms with Gasteiger partial charge < -0.3 is 10.2 Å². The van der Waals surface area contributed by atoms with Gasteiger partial charge in [-0.25, -0.2) is 9.50 Å². The Kier molecular flexibility index (Phi) is 5.09. The van der Waals surface area contributed by atoms with Crippen LogP contribution in [0.25, 0.3) is 5.65 Å². The van der Waals surface area contributed by atoms with Gasteiger partial charge in [0.1, 0.15) is 11.4 Å². The van der Waals surface area contributed by atoms with E-state index in [2.05, 4.69) is 22.4 Å². The fourth-order valence-electron chi connectivity index (χ4n) is 4.38. The maximum absolute atomic E-state index is 12.8. The number of nitrogens with zero attached hydrogens (tertiary/aromatic N) is 4. The van der Waals surface area contributed by atoms with Crippen LogP contribution in [0, 0.1) is 0 Å². The second-order valence-corrected chi connectivity index (χ2v) is 7.82. The smallest absolute Gasteiger partial charge is 0.256 e. The van der Waals surface area contributed by atoms with Crippen LogP contribution in [-0.2, 0) is 0 Å². The van der Waals surface area contributed by atoms with Gasteiger partial charge in [0.25, 0.3) is 5.91 Å². The van der Waals surface area contributed by atoms with Crippen molar-refractivity contribution in [3.8, 4) is 0 Å². The van der Waals surface area contributed by atoms with Gasteiger partial charge >= 0.3 is 0 Å². The molecule has 0 aliphatic heterocycles. The van der Waals surface area contributed by atoms with Gasteiger partial charge in [-0.3, -0.25) is 4.79 Å². The second-order valence-electron chi connectivity index (χ2n) is 7.82. The topological polar surface area (TPSA) is 62.5 Å². The molecule has 2 fully saturated rings. The van der Waals surface area contributed by atoms with Crippen LogP contribution in [0.2, 0.25) is 0 Å². The molecule has 0 aromatic carbocycles. The lowest BCUT2D eigenvalue weighted by Gasteiger charge is -2.32. The molecule has 2 aromatic heterocycles. The maximum Gasteiger partial charge on any atom is 0.256 e. The van der Waals surface area contributed by atoms with E-state index in [1.807, 2.05) is 12.3 Å². The minimum Gasteiger partial charge on any atom is -0.357 e. The quantitative estimate of drug-likeness (QED) is 0.911. The van der Waals surface area contributed by atoms with E-state index in [1.165, 1.54) is 51.4 Å². The number of fused-ring (bicyclic) bond motifs is 1. The number of amides is 1. The lowest BCUT2D eigenvalue weighted by atomic mass is 9.94. The van der Waals surface area contributed by atoms with E-state index < -0.39 is 0 Å². The lowest BCUT2D eigenvalue weighted by molar-refractivity contribution is 0.0929. The van der Waals surface area contributed by atoms with E-state index in [-0.39, 0.29) is 5.91 Å². The predicted molar refractivity (Wildman–Crippen MR) is 103 cm³/mol. The summed E-state index contributed by atoms with van der Waals surface area (Å²) >= 11 is 0. The third-order valence-corrected chi connectivity index (χ3v) is 6.02. The van der Waals surface area contributed by atoms with Gasteiger partial charge in [-0.2, -0.15) is 5.10 Å². The average molecular weight is 355 g/mol. The fourth-order valence-corrected chi connectivity index (χ4v) is 4.38. The monoisotopic (exact) mass is 355 g/mol. The Labute approximate surface area is 155 Å². The Morgan fingerprint density at radius 3 is 2.54 bits per heavy atom. The molecule has 0 bridgehead atoms. The molecule has 140 valence electrons. The van der Waals surface area contributed by atoms with Crippen molar-refractivity contribution in [1.82, 2.24) is 19.9 Å². The molecule has 2 heterocycles. The summed E-state index contributed by atoms with van der Waals surface area (Å²) in [5.74, 6) is 0.883. The largest absolute Gasteiger partial charge is 0.357 e. The minimum absolute atomic E-state index is 0.0446. The molecule has 1 N–H and O–H groups in total. The molecule has 4 rings (SSSR count). The number of hydrogen-bond donors (Lipinski definition) is 1. The first-order valence-corrected chi connectivity index (χ1v) is 10.1. The summed E-state index contributed by atoms with van der Waals surface area (Å²) in [7, 11) is 2.12. The van der Waals surface area contributed by atoms with Crippen molar-refractivity contribution in [2.45, 2.75) is 76.3 Å². The summed E-state index contributed by atoms with van der Waals surface area (Å²) in [4.78, 5) is 19.8. The molecule has 0 saturated heterocycles. The number of carbonyl (C=O) groups is 1. The maximum atomic E-state index is 12.8. The summed E-state index contributed by atoms with van der Waals surface area (Å²) < 4.78 is 1.70. The number of carbonyl (C=O) groups excluding carboxylic acids is 1. The van der Waals surface area contributed by atoms with E-state index in [9.17, 15) is 4.79 Å². The van der Waals surface area contributed by atoms with Gasteiger partial charge in [0, 0.05) is 25.3 Å². The molecule has 0 radical (unpaired) electrons. The van der Waals surface area contributed by atoms with E-state index in [1.54, 1.807) is 10.7 Å². The van der Waals surface area contributed by atoms with Gasteiger partial charge in [-0.05, 0) is 31.7 Å². The zero-order valence-electron chi connectivity index (χ0n) is 15.7. The second kappa shape index (κ2) is 7.64. The molecule has 1 amide bonds. The van der Waals surface area contributed by atoms with Crippen molar-refractivity contribution < 1.29 is 4.79 Å². The van der Waals surface area contributed by atoms with Crippen LogP contribution < -0.4 is 10.2 Å². The first-order valence-electron chi connectivity index (χ1n) is 10.1. The molecule has 2 aromatic rings. The van der Waals surface area contributed by atoms with E-state index in [0.717, 1.165) is 18.7 Å². The first-order chi connectivity index (χ1) is 12.7. The Morgan fingerprint density at radius 2 is 1.81 bits per heavy atom. The zero-order valence-corrected chi connectivity index (χ0v) is 15.7. The number of hydrogen-bond acceptors (Lipinski definition) is 4. The van der Waals surface area contributed by atoms with Crippen molar-refractivity contribution in [3.05, 3.63) is 24.0 Å². The molecule has 2 saturated carbocycles. The highest BCUT2D eigenvalue weighted by molar-refractivity contribution is 5.99. The van der Waals surface area contributed by atoms with E-state index in [4.69, 9.17) is 4.98 Å². The van der Waals surface area contributed by atoms with Crippen LogP contribution in [-0.4, -0.2) is 39.6 Å². The summed E-state index contributed by atoms with van der Waals surface area (Å²) in [6, 6.07) is 2.83. The molecule has 0 spiro atoms. The Morgan fingerprint density at radius 1 is 1.12 bits per heavy atom. The van der Waals surface area contributed by atoms with Gasteiger partial charge in [-0.1, -0.05) is 38.5 Å². The Bertz CT molecular complexity index is 759. The third-order valence-electron chi connectivity index (χ3n) is 6.02. The highest BCUT2D eigenvalue weighted by Gasteiger charge is 2.22. The van der Waals surface area contributed by atoms with Crippen LogP contribution in [0.4, 0.5) is 5.82 Å². The number of rotatable bonds is 4. The van der Waals surface area contributed by atoms with Crippen molar-refractivity contribution in [2.24, 2.45) is 0 Å². The Hall–Kier alpha value is -2.11. The molecule has 0 unspecified atom stereocenters. The SMILES string of the molecule is CN(c1ccn2ncc(C(=O)NC3CCCCC3)c2n1)C1CCCCC1. The zero-order chi connectivity index (χ0) is 17.9. The molecule has 2 aliphatic rings. The summed E-state index contributed by atoms with van der Waals surface area (Å²) in [5, 5.41) is 7.50. The molecule has 2 aliphatic carbocycles. The molecule has 6 heteroatoms. The number of nitrogens with one attached hydrogen (secondary N) is 1. The van der Waals surface area contributed by atoms with Crippen molar-refractivity contribution in [1.29, 1.82) is 0 Å². The summed E-state index contributed by atoms with van der Waals surface area (Å²) in [6.45, 7) is 0. The minimum atomic E-state index is -0.0446. The first kappa shape index (κ1) is 17.3.